The van der Waals surface area contributed by atoms with Crippen molar-refractivity contribution in [2.75, 3.05) is 6.54 Å². The zero-order valence-corrected chi connectivity index (χ0v) is 12.3. The van der Waals surface area contributed by atoms with E-state index in [4.69, 9.17) is 0 Å². The summed E-state index contributed by atoms with van der Waals surface area (Å²) in [6.07, 6.45) is 7.99. The van der Waals surface area contributed by atoms with E-state index >= 15 is 0 Å². The first-order chi connectivity index (χ1) is 9.64. The summed E-state index contributed by atoms with van der Waals surface area (Å²) in [6, 6.07) is 0.0642. The highest BCUT2D eigenvalue weighted by atomic mass is 32.2. The Morgan fingerprint density at radius 2 is 2.00 bits per heavy atom. The highest BCUT2D eigenvalue weighted by Gasteiger charge is 2.44. The third kappa shape index (κ3) is 2.26. The van der Waals surface area contributed by atoms with E-state index in [9.17, 15) is 8.42 Å². The topological polar surface area (TPSA) is 68.1 Å². The molecule has 2 saturated carbocycles. The zero-order valence-electron chi connectivity index (χ0n) is 11.5. The average molecular weight is 296 g/mol. The summed E-state index contributed by atoms with van der Waals surface area (Å²) in [7, 11) is -3.06. The molecular formula is C13H20N4O2S. The van der Waals surface area contributed by atoms with Crippen LogP contribution in [0.1, 0.15) is 50.1 Å². The number of rotatable bonds is 5. The fourth-order valence-corrected chi connectivity index (χ4v) is 5.15. The molecule has 1 aromatic rings. The second-order valence-corrected chi connectivity index (χ2v) is 8.46. The number of nitrogens with zero attached hydrogens (tertiary/aromatic N) is 4. The molecule has 4 rings (SSSR count). The average Bonchev–Trinajstić information content (AvgIpc) is 3.34. The molecule has 1 aromatic heterocycles. The van der Waals surface area contributed by atoms with Crippen molar-refractivity contribution >= 4 is 10.0 Å². The molecule has 3 fully saturated rings. The van der Waals surface area contributed by atoms with E-state index < -0.39 is 10.0 Å². The summed E-state index contributed by atoms with van der Waals surface area (Å²) < 4.78 is 28.4. The molecule has 110 valence electrons. The first-order valence-corrected chi connectivity index (χ1v) is 9.05. The summed E-state index contributed by atoms with van der Waals surface area (Å²) in [5, 5.41) is 8.25. The van der Waals surface area contributed by atoms with Gasteiger partial charge in [0.05, 0.1) is 17.5 Å². The third-order valence-corrected chi connectivity index (χ3v) is 6.99. The molecule has 0 radical (unpaired) electrons. The Hall–Kier alpha value is -0.950. The second kappa shape index (κ2) is 4.53. The Morgan fingerprint density at radius 1 is 1.20 bits per heavy atom. The Balaban J connectivity index is 1.48. The summed E-state index contributed by atoms with van der Waals surface area (Å²) in [6.45, 7) is 1.32. The maximum absolute atomic E-state index is 12.4. The van der Waals surface area contributed by atoms with Crippen LogP contribution in [0.4, 0.5) is 0 Å². The van der Waals surface area contributed by atoms with Crippen molar-refractivity contribution in [1.82, 2.24) is 19.3 Å². The molecule has 0 N–H and O–H groups in total. The van der Waals surface area contributed by atoms with Crippen LogP contribution < -0.4 is 0 Å². The molecule has 0 bridgehead atoms. The van der Waals surface area contributed by atoms with Crippen LogP contribution >= 0.6 is 0 Å². The minimum atomic E-state index is -3.06. The summed E-state index contributed by atoms with van der Waals surface area (Å²) in [5.41, 5.74) is 1.07. The summed E-state index contributed by atoms with van der Waals surface area (Å²) >= 11 is 0. The van der Waals surface area contributed by atoms with E-state index in [0.717, 1.165) is 31.4 Å². The predicted molar refractivity (Wildman–Crippen MR) is 73.7 cm³/mol. The molecule has 2 heterocycles. The van der Waals surface area contributed by atoms with Gasteiger partial charge < -0.3 is 0 Å². The molecule has 7 heteroatoms. The minimum absolute atomic E-state index is 0.0642. The number of sulfonamides is 1. The van der Waals surface area contributed by atoms with Gasteiger partial charge in [0.1, 0.15) is 0 Å². The molecule has 1 saturated heterocycles. The van der Waals surface area contributed by atoms with Crippen LogP contribution in [0.25, 0.3) is 0 Å². The van der Waals surface area contributed by atoms with Gasteiger partial charge in [-0.05, 0) is 38.5 Å². The van der Waals surface area contributed by atoms with Gasteiger partial charge in [0.2, 0.25) is 10.0 Å². The normalized spacial score (nSPS) is 28.1. The van der Waals surface area contributed by atoms with Gasteiger partial charge in [-0.3, -0.25) is 4.68 Å². The van der Waals surface area contributed by atoms with Gasteiger partial charge in [0, 0.05) is 24.7 Å². The molecular weight excluding hydrogens is 276 g/mol. The smallest absolute Gasteiger partial charge is 0.217 e. The van der Waals surface area contributed by atoms with Gasteiger partial charge in [-0.1, -0.05) is 5.21 Å². The number of hydrogen-bond acceptors (Lipinski definition) is 4. The van der Waals surface area contributed by atoms with Crippen molar-refractivity contribution in [3.05, 3.63) is 11.9 Å². The van der Waals surface area contributed by atoms with Crippen molar-refractivity contribution in [1.29, 1.82) is 0 Å². The highest BCUT2D eigenvalue weighted by molar-refractivity contribution is 7.90. The molecule has 2 aliphatic carbocycles. The molecule has 20 heavy (non-hydrogen) atoms. The quantitative estimate of drug-likeness (QED) is 0.816. The molecule has 0 amide bonds. The molecule has 1 atom stereocenters. The lowest BCUT2D eigenvalue weighted by Crippen LogP contribution is -2.40. The molecule has 0 aromatic carbocycles. The van der Waals surface area contributed by atoms with Gasteiger partial charge >= 0.3 is 0 Å². The van der Waals surface area contributed by atoms with Crippen LogP contribution in [0.2, 0.25) is 0 Å². The lowest BCUT2D eigenvalue weighted by molar-refractivity contribution is 0.337. The van der Waals surface area contributed by atoms with E-state index in [-0.39, 0.29) is 11.3 Å². The highest BCUT2D eigenvalue weighted by Crippen LogP contribution is 2.39. The number of aromatic nitrogens is 3. The van der Waals surface area contributed by atoms with Crippen molar-refractivity contribution in [3.8, 4) is 0 Å². The Morgan fingerprint density at radius 3 is 2.70 bits per heavy atom. The first kappa shape index (κ1) is 12.8. The monoisotopic (exact) mass is 296 g/mol. The Bertz CT molecular complexity index is 604. The van der Waals surface area contributed by atoms with Crippen LogP contribution in [0.15, 0.2) is 6.20 Å². The Kier molecular flexibility index (Phi) is 2.89. The Labute approximate surface area is 119 Å². The lowest BCUT2D eigenvalue weighted by Gasteiger charge is -2.23. The van der Waals surface area contributed by atoms with Crippen molar-refractivity contribution in [2.24, 2.45) is 0 Å². The largest absolute Gasteiger partial charge is 0.251 e. The van der Waals surface area contributed by atoms with Gasteiger partial charge in [-0.15, -0.1) is 5.10 Å². The van der Waals surface area contributed by atoms with Crippen molar-refractivity contribution in [2.45, 2.75) is 62.3 Å². The summed E-state index contributed by atoms with van der Waals surface area (Å²) in [5.74, 6) is 0.596. The van der Waals surface area contributed by atoms with Gasteiger partial charge in [0.15, 0.2) is 0 Å². The van der Waals surface area contributed by atoms with E-state index in [1.165, 1.54) is 12.8 Å². The minimum Gasteiger partial charge on any atom is -0.251 e. The van der Waals surface area contributed by atoms with E-state index in [0.29, 0.717) is 19.0 Å². The molecule has 0 unspecified atom stereocenters. The standard InChI is InChI=1S/C13H20N4O2S/c18-20(19,12-5-6-12)17-7-1-2-11(17)8-16-9-13(14-15-16)10-3-4-10/h9-12H,1-8H2/t11-/m0/s1. The van der Waals surface area contributed by atoms with Crippen LogP contribution in [0.3, 0.4) is 0 Å². The van der Waals surface area contributed by atoms with Crippen LogP contribution in [-0.2, 0) is 16.6 Å². The van der Waals surface area contributed by atoms with E-state index in [1.54, 1.807) is 4.31 Å². The molecule has 3 aliphatic rings. The van der Waals surface area contributed by atoms with Gasteiger partial charge in [-0.2, -0.15) is 4.31 Å². The zero-order chi connectivity index (χ0) is 13.7. The second-order valence-electron chi connectivity index (χ2n) is 6.29. The van der Waals surface area contributed by atoms with Gasteiger partial charge in [-0.25, -0.2) is 8.42 Å². The summed E-state index contributed by atoms with van der Waals surface area (Å²) in [4.78, 5) is 0. The van der Waals surface area contributed by atoms with Crippen LogP contribution in [-0.4, -0.2) is 45.6 Å². The molecule has 1 aliphatic heterocycles. The van der Waals surface area contributed by atoms with Crippen LogP contribution in [0, 0.1) is 0 Å². The van der Waals surface area contributed by atoms with E-state index in [1.807, 2.05) is 10.9 Å². The first-order valence-electron chi connectivity index (χ1n) is 7.55. The molecule has 6 nitrogen and oxygen atoms in total. The van der Waals surface area contributed by atoms with Crippen LogP contribution in [0.5, 0.6) is 0 Å². The fourth-order valence-electron chi connectivity index (χ4n) is 3.07. The maximum Gasteiger partial charge on any atom is 0.217 e. The van der Waals surface area contributed by atoms with Crippen molar-refractivity contribution in [3.63, 3.8) is 0 Å². The predicted octanol–water partition coefficient (Wildman–Crippen LogP) is 1.11. The maximum atomic E-state index is 12.4. The third-order valence-electron chi connectivity index (χ3n) is 4.55. The van der Waals surface area contributed by atoms with E-state index in [2.05, 4.69) is 10.3 Å². The number of hydrogen-bond donors (Lipinski definition) is 0. The SMILES string of the molecule is O=S(=O)(C1CC1)N1CCC[C@H]1Cn1cc(C2CC2)nn1. The fraction of sp³-hybridized carbons (Fsp3) is 0.846. The lowest BCUT2D eigenvalue weighted by atomic mass is 10.2. The van der Waals surface area contributed by atoms with Gasteiger partial charge in [0.25, 0.3) is 0 Å². The molecule has 0 spiro atoms. The van der Waals surface area contributed by atoms with Crippen molar-refractivity contribution < 1.29 is 8.42 Å².